The fraction of sp³-hybridized carbons (Fsp3) is 0.909. The maximum atomic E-state index is 11.4. The van der Waals surface area contributed by atoms with Gasteiger partial charge in [-0.1, -0.05) is 47.0 Å². The second-order valence-corrected chi connectivity index (χ2v) is 3.95. The first-order valence-electron chi connectivity index (χ1n) is 5.13. The highest BCUT2D eigenvalue weighted by atomic mass is 16.1. The van der Waals surface area contributed by atoms with E-state index in [0.717, 1.165) is 6.42 Å². The van der Waals surface area contributed by atoms with E-state index in [2.05, 4.69) is 13.8 Å². The Kier molecular flexibility index (Phi) is 6.04. The average molecular weight is 170 g/mol. The number of hydrogen-bond acceptors (Lipinski definition) is 1. The normalized spacial score (nSPS) is 13.4. The zero-order valence-corrected chi connectivity index (χ0v) is 8.89. The van der Waals surface area contributed by atoms with Gasteiger partial charge in [0.2, 0.25) is 0 Å². The number of unbranched alkanes of at least 4 members (excludes halogenated alkanes) is 2. The minimum atomic E-state index is 0.210. The molecule has 0 aliphatic heterocycles. The molecule has 1 atom stereocenters. The zero-order valence-electron chi connectivity index (χ0n) is 8.89. The number of rotatable bonds is 6. The van der Waals surface area contributed by atoms with E-state index in [1.54, 1.807) is 0 Å². The molecule has 12 heavy (non-hydrogen) atoms. The molecule has 0 aromatic heterocycles. The molecular formula is C11H22O. The molecule has 1 nitrogen and oxygen atoms in total. The highest BCUT2D eigenvalue weighted by Gasteiger charge is 2.15. The van der Waals surface area contributed by atoms with Crippen molar-refractivity contribution in [1.82, 2.24) is 0 Å². The highest BCUT2D eigenvalue weighted by molar-refractivity contribution is 5.82. The van der Waals surface area contributed by atoms with Gasteiger partial charge in [0, 0.05) is 11.8 Å². The molecule has 0 unspecified atom stereocenters. The average Bonchev–Trinajstić information content (AvgIpc) is 2.03. The molecule has 0 saturated heterocycles. The monoisotopic (exact) mass is 170 g/mol. The first-order valence-corrected chi connectivity index (χ1v) is 5.13. The number of hydrogen-bond donors (Lipinski definition) is 0. The van der Waals surface area contributed by atoms with Crippen molar-refractivity contribution in [1.29, 1.82) is 0 Å². The molecule has 0 fully saturated rings. The van der Waals surface area contributed by atoms with E-state index in [-0.39, 0.29) is 11.8 Å². The molecule has 0 N–H and O–H groups in total. The van der Waals surface area contributed by atoms with E-state index in [1.165, 1.54) is 19.3 Å². The van der Waals surface area contributed by atoms with E-state index in [0.29, 0.717) is 5.78 Å². The molecule has 0 aromatic carbocycles. The molecule has 0 rings (SSSR count). The van der Waals surface area contributed by atoms with Gasteiger partial charge in [0.1, 0.15) is 5.78 Å². The van der Waals surface area contributed by atoms with E-state index in [4.69, 9.17) is 0 Å². The molecule has 0 aliphatic rings. The summed E-state index contributed by atoms with van der Waals surface area (Å²) >= 11 is 0. The molecule has 1 heteroatoms. The summed E-state index contributed by atoms with van der Waals surface area (Å²) in [6.45, 7) is 8.21. The van der Waals surface area contributed by atoms with Crippen LogP contribution < -0.4 is 0 Å². The van der Waals surface area contributed by atoms with Crippen molar-refractivity contribution in [2.45, 2.75) is 53.4 Å². The van der Waals surface area contributed by atoms with Crippen molar-refractivity contribution >= 4 is 5.78 Å². The lowest BCUT2D eigenvalue weighted by Gasteiger charge is -2.11. The SMILES string of the molecule is CCCCC[C@H](C)C(=O)C(C)C. The standard InChI is InChI=1S/C11H22O/c1-5-6-7-8-10(4)11(12)9(2)3/h9-10H,5-8H2,1-4H3/t10-/m0/s1. The molecule has 0 aromatic rings. The van der Waals surface area contributed by atoms with Crippen molar-refractivity contribution in [3.05, 3.63) is 0 Å². The third kappa shape index (κ3) is 4.53. The Morgan fingerprint density at radius 1 is 1.17 bits per heavy atom. The number of ketones is 1. The van der Waals surface area contributed by atoms with Crippen LogP contribution in [0, 0.1) is 11.8 Å². The summed E-state index contributed by atoms with van der Waals surface area (Å²) < 4.78 is 0. The second kappa shape index (κ2) is 6.22. The predicted molar refractivity (Wildman–Crippen MR) is 53.2 cm³/mol. The molecule has 0 saturated carbocycles. The largest absolute Gasteiger partial charge is 0.299 e. The Hall–Kier alpha value is -0.330. The fourth-order valence-electron chi connectivity index (χ4n) is 1.41. The van der Waals surface area contributed by atoms with Crippen LogP contribution in [0.25, 0.3) is 0 Å². The van der Waals surface area contributed by atoms with Gasteiger partial charge < -0.3 is 0 Å². The van der Waals surface area contributed by atoms with Crippen LogP contribution in [-0.4, -0.2) is 5.78 Å². The highest BCUT2D eigenvalue weighted by Crippen LogP contribution is 2.14. The van der Waals surface area contributed by atoms with Gasteiger partial charge in [0.05, 0.1) is 0 Å². The summed E-state index contributed by atoms with van der Waals surface area (Å²) in [5.74, 6) is 0.907. The van der Waals surface area contributed by atoms with Gasteiger partial charge in [-0.15, -0.1) is 0 Å². The number of carbonyl (C=O) groups is 1. The van der Waals surface area contributed by atoms with Crippen LogP contribution >= 0.6 is 0 Å². The van der Waals surface area contributed by atoms with Crippen LogP contribution in [0.1, 0.15) is 53.4 Å². The van der Waals surface area contributed by atoms with Gasteiger partial charge in [0.25, 0.3) is 0 Å². The third-order valence-electron chi connectivity index (χ3n) is 2.30. The summed E-state index contributed by atoms with van der Waals surface area (Å²) in [5.41, 5.74) is 0. The lowest BCUT2D eigenvalue weighted by Crippen LogP contribution is -2.16. The maximum absolute atomic E-state index is 11.4. The van der Waals surface area contributed by atoms with Crippen LogP contribution in [-0.2, 0) is 4.79 Å². The Morgan fingerprint density at radius 3 is 2.17 bits per heavy atom. The lowest BCUT2D eigenvalue weighted by molar-refractivity contribution is -0.125. The zero-order chi connectivity index (χ0) is 9.56. The van der Waals surface area contributed by atoms with Crippen molar-refractivity contribution in [3.63, 3.8) is 0 Å². The lowest BCUT2D eigenvalue weighted by atomic mass is 9.92. The maximum Gasteiger partial charge on any atom is 0.138 e. The summed E-state index contributed by atoms with van der Waals surface area (Å²) in [5, 5.41) is 0. The summed E-state index contributed by atoms with van der Waals surface area (Å²) in [4.78, 5) is 11.4. The van der Waals surface area contributed by atoms with Crippen LogP contribution in [0.3, 0.4) is 0 Å². The molecule has 0 amide bonds. The van der Waals surface area contributed by atoms with Crippen molar-refractivity contribution in [2.24, 2.45) is 11.8 Å². The van der Waals surface area contributed by atoms with Gasteiger partial charge in [-0.05, 0) is 6.42 Å². The van der Waals surface area contributed by atoms with Gasteiger partial charge in [0.15, 0.2) is 0 Å². The molecule has 0 spiro atoms. The first kappa shape index (κ1) is 11.7. The number of Topliss-reactive ketones (excluding diaryl/α,β-unsaturated/α-hetero) is 1. The van der Waals surface area contributed by atoms with Crippen molar-refractivity contribution < 1.29 is 4.79 Å². The van der Waals surface area contributed by atoms with E-state index >= 15 is 0 Å². The molecular weight excluding hydrogens is 148 g/mol. The molecule has 0 bridgehead atoms. The first-order chi connectivity index (χ1) is 5.59. The summed E-state index contributed by atoms with van der Waals surface area (Å²) in [7, 11) is 0. The topological polar surface area (TPSA) is 17.1 Å². The van der Waals surface area contributed by atoms with Crippen molar-refractivity contribution in [3.8, 4) is 0 Å². The van der Waals surface area contributed by atoms with Gasteiger partial charge >= 0.3 is 0 Å². The summed E-state index contributed by atoms with van der Waals surface area (Å²) in [6, 6.07) is 0. The van der Waals surface area contributed by atoms with Crippen molar-refractivity contribution in [2.75, 3.05) is 0 Å². The Morgan fingerprint density at radius 2 is 1.75 bits per heavy atom. The van der Waals surface area contributed by atoms with Gasteiger partial charge in [-0.2, -0.15) is 0 Å². The minimum absolute atomic E-state index is 0.210. The quantitative estimate of drug-likeness (QED) is 0.558. The smallest absolute Gasteiger partial charge is 0.138 e. The Labute approximate surface area is 76.6 Å². The van der Waals surface area contributed by atoms with Crippen LogP contribution in [0.4, 0.5) is 0 Å². The van der Waals surface area contributed by atoms with E-state index in [1.807, 2.05) is 13.8 Å². The second-order valence-electron chi connectivity index (χ2n) is 3.95. The van der Waals surface area contributed by atoms with E-state index in [9.17, 15) is 4.79 Å². The molecule has 0 radical (unpaired) electrons. The summed E-state index contributed by atoms with van der Waals surface area (Å²) in [6.07, 6.45) is 4.78. The molecule has 72 valence electrons. The predicted octanol–water partition coefficient (Wildman–Crippen LogP) is 3.43. The Balaban J connectivity index is 3.57. The van der Waals surface area contributed by atoms with E-state index < -0.39 is 0 Å². The third-order valence-corrected chi connectivity index (χ3v) is 2.30. The van der Waals surface area contributed by atoms with Gasteiger partial charge in [-0.3, -0.25) is 4.79 Å². The van der Waals surface area contributed by atoms with Gasteiger partial charge in [-0.25, -0.2) is 0 Å². The van der Waals surface area contributed by atoms with Crippen LogP contribution in [0.15, 0.2) is 0 Å². The Bertz CT molecular complexity index is 127. The fourth-order valence-corrected chi connectivity index (χ4v) is 1.41. The van der Waals surface area contributed by atoms with Crippen LogP contribution in [0.5, 0.6) is 0 Å². The molecule has 0 heterocycles. The number of carbonyl (C=O) groups excluding carboxylic acids is 1. The van der Waals surface area contributed by atoms with Crippen LogP contribution in [0.2, 0.25) is 0 Å². The minimum Gasteiger partial charge on any atom is -0.299 e. The molecule has 0 aliphatic carbocycles.